The maximum atomic E-state index is 2.37. The van der Waals surface area contributed by atoms with E-state index in [-0.39, 0.29) is 24.8 Å². The summed E-state index contributed by atoms with van der Waals surface area (Å²) in [6.45, 7) is 0. The minimum absolute atomic E-state index is 0. The van der Waals surface area contributed by atoms with Gasteiger partial charge in [-0.05, 0) is 98.5 Å². The second-order valence-corrected chi connectivity index (χ2v) is 18.7. The molecular formula is C42H42Cl2P2. The Labute approximate surface area is 289 Å². The molecule has 0 atom stereocenters. The predicted octanol–water partition coefficient (Wildman–Crippen LogP) is 2.54. The minimum Gasteiger partial charge on any atom is -1.00 e. The van der Waals surface area contributed by atoms with E-state index in [1.165, 1.54) is 69.8 Å². The van der Waals surface area contributed by atoms with Gasteiger partial charge in [-0.2, -0.15) is 0 Å². The van der Waals surface area contributed by atoms with Crippen molar-refractivity contribution in [3.05, 3.63) is 182 Å². The van der Waals surface area contributed by atoms with Crippen LogP contribution in [0.5, 0.6) is 0 Å². The SMILES string of the molecule is [Cl-].[Cl-].c1ccc([P+](CCCCCC[P+](c2ccccc2)(c2ccccc2)c2ccccc2)(c2ccccc2)c2ccccc2)cc1. The molecule has 0 aliphatic heterocycles. The molecule has 234 valence electrons. The molecule has 0 bridgehead atoms. The Morgan fingerprint density at radius 3 is 0.587 bits per heavy atom. The topological polar surface area (TPSA) is 0 Å². The molecule has 46 heavy (non-hydrogen) atoms. The lowest BCUT2D eigenvalue weighted by Crippen LogP contribution is -3.00. The molecule has 0 saturated heterocycles. The van der Waals surface area contributed by atoms with Gasteiger partial charge in [0.1, 0.15) is 46.4 Å². The van der Waals surface area contributed by atoms with Gasteiger partial charge in [0.2, 0.25) is 0 Å². The van der Waals surface area contributed by atoms with Crippen molar-refractivity contribution in [2.75, 3.05) is 12.3 Å². The molecule has 0 spiro atoms. The molecule has 0 radical (unpaired) electrons. The summed E-state index contributed by atoms with van der Waals surface area (Å²) in [5.74, 6) is 0. The molecular weight excluding hydrogens is 637 g/mol. The minimum atomic E-state index is -1.77. The van der Waals surface area contributed by atoms with Crippen LogP contribution < -0.4 is 56.6 Å². The first kappa shape index (κ1) is 35.6. The van der Waals surface area contributed by atoms with Gasteiger partial charge in [0.15, 0.2) is 0 Å². The Balaban J connectivity index is 0.00000240. The largest absolute Gasteiger partial charge is 1.00 e. The van der Waals surface area contributed by atoms with Crippen molar-refractivity contribution in [3.8, 4) is 0 Å². The van der Waals surface area contributed by atoms with Gasteiger partial charge < -0.3 is 24.8 Å². The third kappa shape index (κ3) is 7.65. The van der Waals surface area contributed by atoms with Gasteiger partial charge in [-0.3, -0.25) is 0 Å². The molecule has 0 amide bonds. The molecule has 0 aliphatic rings. The van der Waals surface area contributed by atoms with Crippen LogP contribution in [0.1, 0.15) is 25.7 Å². The summed E-state index contributed by atoms with van der Waals surface area (Å²) in [7, 11) is -3.54. The van der Waals surface area contributed by atoms with Crippen LogP contribution in [0.3, 0.4) is 0 Å². The Kier molecular flexibility index (Phi) is 13.6. The van der Waals surface area contributed by atoms with Gasteiger partial charge in [0.25, 0.3) is 0 Å². The van der Waals surface area contributed by atoms with E-state index in [2.05, 4.69) is 182 Å². The number of benzene rings is 6. The first-order valence-electron chi connectivity index (χ1n) is 15.9. The molecule has 4 heteroatoms. The summed E-state index contributed by atoms with van der Waals surface area (Å²) in [6.07, 6.45) is 7.32. The fraction of sp³-hybridized carbons (Fsp3) is 0.143. The van der Waals surface area contributed by atoms with E-state index in [1.807, 2.05) is 0 Å². The summed E-state index contributed by atoms with van der Waals surface area (Å²) in [6, 6.07) is 67.9. The molecule has 6 aromatic carbocycles. The van der Waals surface area contributed by atoms with Crippen LogP contribution in [0.15, 0.2) is 182 Å². The molecule has 0 saturated carbocycles. The number of rotatable bonds is 13. The van der Waals surface area contributed by atoms with E-state index in [1.54, 1.807) is 0 Å². The highest BCUT2D eigenvalue weighted by Gasteiger charge is 2.46. The predicted molar refractivity (Wildman–Crippen MR) is 198 cm³/mol. The summed E-state index contributed by atoms with van der Waals surface area (Å²) in [5.41, 5.74) is 0. The van der Waals surface area contributed by atoms with Crippen LogP contribution in [0.2, 0.25) is 0 Å². The van der Waals surface area contributed by atoms with Gasteiger partial charge in [-0.25, -0.2) is 0 Å². The van der Waals surface area contributed by atoms with Crippen LogP contribution in [-0.2, 0) is 0 Å². The zero-order valence-corrected chi connectivity index (χ0v) is 29.5. The van der Waals surface area contributed by atoms with E-state index >= 15 is 0 Å². The van der Waals surface area contributed by atoms with E-state index in [0.717, 1.165) is 0 Å². The normalized spacial score (nSPS) is 11.2. The van der Waals surface area contributed by atoms with Gasteiger partial charge in [-0.1, -0.05) is 109 Å². The third-order valence-corrected chi connectivity index (χ3v) is 18.0. The summed E-state index contributed by atoms with van der Waals surface area (Å²) >= 11 is 0. The van der Waals surface area contributed by atoms with Gasteiger partial charge >= 0.3 is 0 Å². The first-order valence-corrected chi connectivity index (χ1v) is 19.9. The lowest BCUT2D eigenvalue weighted by molar-refractivity contribution is -0.00100. The highest BCUT2D eigenvalue weighted by molar-refractivity contribution is 7.96. The number of unbranched alkanes of at least 4 members (excludes halogenated alkanes) is 3. The maximum Gasteiger partial charge on any atom is 0.112 e. The Morgan fingerprint density at radius 1 is 0.239 bits per heavy atom. The van der Waals surface area contributed by atoms with Crippen molar-refractivity contribution in [1.82, 2.24) is 0 Å². The lowest BCUT2D eigenvalue weighted by atomic mass is 10.2. The molecule has 0 nitrogen and oxygen atoms in total. The van der Waals surface area contributed by atoms with Gasteiger partial charge in [-0.15, -0.1) is 0 Å². The first-order chi connectivity index (χ1) is 21.8. The van der Waals surface area contributed by atoms with E-state index < -0.39 is 14.5 Å². The third-order valence-electron chi connectivity index (χ3n) is 8.92. The average Bonchev–Trinajstić information content (AvgIpc) is 3.12. The van der Waals surface area contributed by atoms with Crippen molar-refractivity contribution in [2.24, 2.45) is 0 Å². The lowest BCUT2D eigenvalue weighted by Gasteiger charge is -2.28. The summed E-state index contributed by atoms with van der Waals surface area (Å²) in [4.78, 5) is 0. The maximum absolute atomic E-state index is 2.37. The Morgan fingerprint density at radius 2 is 0.413 bits per heavy atom. The van der Waals surface area contributed by atoms with E-state index in [4.69, 9.17) is 0 Å². The standard InChI is InChI=1S/C42H42P2.2ClH/c1(21-35-43(37-23-9-3-10-24-37,38-25-11-4-12-26-38)39-27-13-5-14-28-39)2-22-36-44(40-29-15-6-16-30-40,41-31-17-7-18-32-41)42-33-19-8-20-34-42;;/h3-20,23-34H,1-2,21-22,35-36H2;2*1H/q+2;;/p-2. The molecule has 0 aromatic heterocycles. The average molecular weight is 680 g/mol. The Hall–Kier alpha value is -3.24. The number of halogens is 2. The van der Waals surface area contributed by atoms with Crippen molar-refractivity contribution < 1.29 is 24.8 Å². The van der Waals surface area contributed by atoms with Crippen LogP contribution in [0, 0.1) is 0 Å². The fourth-order valence-electron chi connectivity index (χ4n) is 6.82. The highest BCUT2D eigenvalue weighted by atomic mass is 35.5. The molecule has 0 unspecified atom stereocenters. The van der Waals surface area contributed by atoms with Crippen LogP contribution in [0.25, 0.3) is 0 Å². The molecule has 0 heterocycles. The zero-order valence-electron chi connectivity index (χ0n) is 26.2. The second-order valence-electron chi connectivity index (χ2n) is 11.5. The Bertz CT molecular complexity index is 1360. The van der Waals surface area contributed by atoms with E-state index in [9.17, 15) is 0 Å². The number of hydrogen-bond acceptors (Lipinski definition) is 0. The van der Waals surface area contributed by atoms with Crippen molar-refractivity contribution in [2.45, 2.75) is 25.7 Å². The monoisotopic (exact) mass is 678 g/mol. The van der Waals surface area contributed by atoms with E-state index in [0.29, 0.717) is 0 Å². The molecule has 6 aromatic rings. The van der Waals surface area contributed by atoms with Crippen LogP contribution in [0.4, 0.5) is 0 Å². The van der Waals surface area contributed by atoms with Crippen LogP contribution in [-0.4, -0.2) is 12.3 Å². The quantitative estimate of drug-likeness (QED) is 0.130. The van der Waals surface area contributed by atoms with Crippen molar-refractivity contribution in [3.63, 3.8) is 0 Å². The molecule has 0 fully saturated rings. The van der Waals surface area contributed by atoms with Gasteiger partial charge in [0, 0.05) is 0 Å². The van der Waals surface area contributed by atoms with Crippen molar-refractivity contribution >= 4 is 46.4 Å². The number of hydrogen-bond donors (Lipinski definition) is 0. The second kappa shape index (κ2) is 17.6. The smallest absolute Gasteiger partial charge is 0.112 e. The summed E-state index contributed by atoms with van der Waals surface area (Å²) < 4.78 is 0. The van der Waals surface area contributed by atoms with Crippen LogP contribution >= 0.6 is 14.5 Å². The zero-order chi connectivity index (χ0) is 29.9. The summed E-state index contributed by atoms with van der Waals surface area (Å²) in [5, 5.41) is 8.91. The van der Waals surface area contributed by atoms with Gasteiger partial charge in [0.05, 0.1) is 12.3 Å². The fourth-order valence-corrected chi connectivity index (χ4v) is 15.6. The van der Waals surface area contributed by atoms with Crippen molar-refractivity contribution in [1.29, 1.82) is 0 Å². The highest BCUT2D eigenvalue weighted by Crippen LogP contribution is 2.57. The molecule has 0 N–H and O–H groups in total. The molecule has 0 aliphatic carbocycles. The molecule has 6 rings (SSSR count).